The van der Waals surface area contributed by atoms with Crippen molar-refractivity contribution in [1.82, 2.24) is 5.32 Å². The van der Waals surface area contributed by atoms with E-state index in [1.807, 2.05) is 6.07 Å². The number of carbonyl (C=O) groups excluding carboxylic acids is 2. The Balaban J connectivity index is 1.94. The number of methoxy groups -OCH3 is 1. The van der Waals surface area contributed by atoms with E-state index in [0.29, 0.717) is 30.4 Å². The van der Waals surface area contributed by atoms with Gasteiger partial charge in [-0.15, -0.1) is 0 Å². The van der Waals surface area contributed by atoms with Gasteiger partial charge in [0, 0.05) is 12.6 Å². The van der Waals surface area contributed by atoms with Gasteiger partial charge in [-0.3, -0.25) is 9.59 Å². The monoisotopic (exact) mass is 428 g/mol. The third-order valence-corrected chi connectivity index (χ3v) is 4.51. The summed E-state index contributed by atoms with van der Waals surface area (Å²) in [6.07, 6.45) is 3.33. The minimum Gasteiger partial charge on any atom is -0.493 e. The van der Waals surface area contributed by atoms with Crippen LogP contribution in [0.3, 0.4) is 0 Å². The summed E-state index contributed by atoms with van der Waals surface area (Å²) in [6.45, 7) is 4.78. The number of hydrogen-bond acceptors (Lipinski definition) is 4. The van der Waals surface area contributed by atoms with Gasteiger partial charge in [0.2, 0.25) is 11.8 Å². The average molecular weight is 429 g/mol. The molecule has 31 heavy (non-hydrogen) atoms. The number of hydrogen-bond donors (Lipinski definition) is 2. The molecular weight excluding hydrogens is 399 g/mol. The van der Waals surface area contributed by atoms with Crippen LogP contribution in [0.15, 0.2) is 48.5 Å². The van der Waals surface area contributed by atoms with Crippen molar-refractivity contribution in [2.24, 2.45) is 17.6 Å². The van der Waals surface area contributed by atoms with Crippen LogP contribution in [0.5, 0.6) is 11.5 Å². The van der Waals surface area contributed by atoms with Crippen molar-refractivity contribution in [3.8, 4) is 11.5 Å². The van der Waals surface area contributed by atoms with Crippen LogP contribution in [0, 0.1) is 17.7 Å². The number of halogens is 1. The maximum absolute atomic E-state index is 13.0. The molecular formula is C24H29FN2O4. The molecule has 0 radical (unpaired) electrons. The number of benzene rings is 2. The average Bonchev–Trinajstić information content (AvgIpc) is 2.74. The molecule has 0 saturated heterocycles. The van der Waals surface area contributed by atoms with E-state index >= 15 is 0 Å². The number of ether oxygens (including phenoxy) is 2. The van der Waals surface area contributed by atoms with Crippen LogP contribution in [0.25, 0.3) is 6.08 Å². The molecule has 6 nitrogen and oxygen atoms in total. The molecule has 0 saturated carbocycles. The Bertz CT molecular complexity index is 910. The number of carbonyl (C=O) groups is 2. The summed E-state index contributed by atoms with van der Waals surface area (Å²) in [6, 6.07) is 11.2. The van der Waals surface area contributed by atoms with Gasteiger partial charge in [-0.05, 0) is 53.8 Å². The van der Waals surface area contributed by atoms with Crippen molar-refractivity contribution in [1.29, 1.82) is 0 Å². The minimum absolute atomic E-state index is 0.0845. The van der Waals surface area contributed by atoms with Gasteiger partial charge < -0.3 is 20.5 Å². The summed E-state index contributed by atoms with van der Waals surface area (Å²) < 4.78 is 24.1. The number of primary amides is 1. The molecule has 0 aliphatic heterocycles. The molecule has 0 aromatic heterocycles. The van der Waals surface area contributed by atoms with Crippen LogP contribution in [-0.4, -0.2) is 32.1 Å². The van der Waals surface area contributed by atoms with Crippen LogP contribution in [0.4, 0.5) is 4.39 Å². The highest BCUT2D eigenvalue weighted by atomic mass is 19.1. The van der Waals surface area contributed by atoms with E-state index in [1.54, 1.807) is 37.5 Å². The largest absolute Gasteiger partial charge is 0.493 e. The van der Waals surface area contributed by atoms with Gasteiger partial charge in [-0.1, -0.05) is 32.0 Å². The summed E-state index contributed by atoms with van der Waals surface area (Å²) in [5.74, 6) is -0.228. The van der Waals surface area contributed by atoms with E-state index in [0.717, 1.165) is 11.1 Å². The number of nitrogens with one attached hydrogen (secondary N) is 1. The van der Waals surface area contributed by atoms with Crippen LogP contribution in [0.1, 0.15) is 25.0 Å². The quantitative estimate of drug-likeness (QED) is 0.537. The smallest absolute Gasteiger partial charge is 0.244 e. The third-order valence-electron chi connectivity index (χ3n) is 4.51. The van der Waals surface area contributed by atoms with E-state index in [2.05, 4.69) is 19.2 Å². The molecule has 0 bridgehead atoms. The van der Waals surface area contributed by atoms with Crippen molar-refractivity contribution in [3.05, 3.63) is 65.5 Å². The first kappa shape index (κ1) is 23.9. The van der Waals surface area contributed by atoms with Gasteiger partial charge >= 0.3 is 0 Å². The third kappa shape index (κ3) is 8.12. The molecule has 1 unspecified atom stereocenters. The highest BCUT2D eigenvalue weighted by molar-refractivity contribution is 5.92. The fraction of sp³-hybridized carbons (Fsp3) is 0.333. The van der Waals surface area contributed by atoms with Gasteiger partial charge in [0.05, 0.1) is 19.6 Å². The minimum atomic E-state index is -0.597. The first-order chi connectivity index (χ1) is 14.8. The van der Waals surface area contributed by atoms with Crippen LogP contribution >= 0.6 is 0 Å². The lowest BCUT2D eigenvalue weighted by atomic mass is 9.98. The van der Waals surface area contributed by atoms with E-state index in [9.17, 15) is 14.0 Å². The molecule has 0 aliphatic rings. The molecule has 7 heteroatoms. The van der Waals surface area contributed by atoms with E-state index in [1.165, 1.54) is 18.2 Å². The highest BCUT2D eigenvalue weighted by Crippen LogP contribution is 2.29. The van der Waals surface area contributed by atoms with Gasteiger partial charge in [0.15, 0.2) is 11.5 Å². The zero-order valence-electron chi connectivity index (χ0n) is 18.1. The maximum Gasteiger partial charge on any atom is 0.244 e. The van der Waals surface area contributed by atoms with Crippen LogP contribution < -0.4 is 20.5 Å². The Labute approximate surface area is 182 Å². The normalized spacial score (nSPS) is 12.0. The first-order valence-electron chi connectivity index (χ1n) is 10.1. The molecule has 0 fully saturated rings. The number of rotatable bonds is 11. The highest BCUT2D eigenvalue weighted by Gasteiger charge is 2.17. The molecule has 3 N–H and O–H groups in total. The maximum atomic E-state index is 13.0. The fourth-order valence-corrected chi connectivity index (χ4v) is 2.80. The summed E-state index contributed by atoms with van der Waals surface area (Å²) in [5, 5.41) is 2.68. The van der Waals surface area contributed by atoms with Crippen molar-refractivity contribution in [2.75, 3.05) is 20.3 Å². The lowest BCUT2D eigenvalue weighted by Crippen LogP contribution is -2.36. The zero-order chi connectivity index (χ0) is 22.8. The molecule has 0 spiro atoms. The second-order valence-electron chi connectivity index (χ2n) is 7.62. The van der Waals surface area contributed by atoms with Crippen molar-refractivity contribution in [2.45, 2.75) is 20.3 Å². The first-order valence-corrected chi connectivity index (χ1v) is 10.1. The Hall–Kier alpha value is -3.35. The number of amides is 2. The van der Waals surface area contributed by atoms with Crippen molar-refractivity contribution in [3.63, 3.8) is 0 Å². The SMILES string of the molecule is COc1cc(/C=C/C(=O)NCC(Cc2ccc(F)cc2)C(N)=O)ccc1OCC(C)C. The molecule has 2 amide bonds. The Morgan fingerprint density at radius 2 is 1.84 bits per heavy atom. The molecule has 2 aromatic rings. The Morgan fingerprint density at radius 1 is 1.13 bits per heavy atom. The van der Waals surface area contributed by atoms with Gasteiger partial charge in [0.25, 0.3) is 0 Å². The molecule has 1 atom stereocenters. The Kier molecular flexibility index (Phi) is 9.06. The summed E-state index contributed by atoms with van der Waals surface area (Å²) in [4.78, 5) is 23.9. The molecule has 2 rings (SSSR count). The van der Waals surface area contributed by atoms with Crippen molar-refractivity contribution >= 4 is 17.9 Å². The fourth-order valence-electron chi connectivity index (χ4n) is 2.80. The standard InChI is InChI=1S/C24H29FN2O4/c1-16(2)15-31-21-10-6-18(13-22(21)30-3)7-11-23(28)27-14-19(24(26)29)12-17-4-8-20(25)9-5-17/h4-11,13,16,19H,12,14-15H2,1-3H3,(H2,26,29)(H,27,28)/b11-7+. The van der Waals surface area contributed by atoms with Crippen molar-refractivity contribution < 1.29 is 23.5 Å². The zero-order valence-corrected chi connectivity index (χ0v) is 18.1. The second kappa shape index (κ2) is 11.7. The predicted molar refractivity (Wildman–Crippen MR) is 118 cm³/mol. The molecule has 0 heterocycles. The summed E-state index contributed by atoms with van der Waals surface area (Å²) in [7, 11) is 1.56. The number of nitrogens with two attached hydrogens (primary N) is 1. The van der Waals surface area contributed by atoms with Crippen LogP contribution in [0.2, 0.25) is 0 Å². The second-order valence-corrected chi connectivity index (χ2v) is 7.62. The van der Waals surface area contributed by atoms with Gasteiger partial charge in [-0.2, -0.15) is 0 Å². The predicted octanol–water partition coefficient (Wildman–Crippen LogP) is 3.34. The summed E-state index contributed by atoms with van der Waals surface area (Å²) in [5.41, 5.74) is 6.98. The topological polar surface area (TPSA) is 90.6 Å². The van der Waals surface area contributed by atoms with E-state index < -0.39 is 11.8 Å². The van der Waals surface area contributed by atoms with Gasteiger partial charge in [-0.25, -0.2) is 4.39 Å². The van der Waals surface area contributed by atoms with Crippen LogP contribution in [-0.2, 0) is 16.0 Å². The lowest BCUT2D eigenvalue weighted by Gasteiger charge is -2.14. The molecule has 0 aliphatic carbocycles. The summed E-state index contributed by atoms with van der Waals surface area (Å²) >= 11 is 0. The van der Waals surface area contributed by atoms with E-state index in [4.69, 9.17) is 15.2 Å². The Morgan fingerprint density at radius 3 is 2.45 bits per heavy atom. The molecule has 166 valence electrons. The molecule has 2 aromatic carbocycles. The van der Waals surface area contributed by atoms with Gasteiger partial charge in [0.1, 0.15) is 5.82 Å². The van der Waals surface area contributed by atoms with E-state index in [-0.39, 0.29) is 18.3 Å². The lowest BCUT2D eigenvalue weighted by molar-refractivity contribution is -0.122.